The number of aromatic nitrogens is 3. The SMILES string of the molecule is COc1cc(C)c(S(=O)(=O)Nc2ccc(-c3cn4cccnc4n3)cc2)cc1C. The number of sulfonamides is 1. The lowest BCUT2D eigenvalue weighted by molar-refractivity contribution is 0.411. The Kier molecular flexibility index (Phi) is 4.71. The second kappa shape index (κ2) is 7.21. The number of methoxy groups -OCH3 is 1. The van der Waals surface area contributed by atoms with Crippen molar-refractivity contribution in [1.82, 2.24) is 14.4 Å². The Labute approximate surface area is 169 Å². The molecule has 8 heteroatoms. The van der Waals surface area contributed by atoms with Crippen LogP contribution in [0.15, 0.2) is 66.0 Å². The third-order valence-electron chi connectivity index (χ3n) is 4.65. The van der Waals surface area contributed by atoms with Crippen LogP contribution in [0.4, 0.5) is 5.69 Å². The third-order valence-corrected chi connectivity index (χ3v) is 6.17. The molecule has 2 heterocycles. The molecule has 0 fully saturated rings. The molecule has 0 saturated carbocycles. The molecule has 0 aliphatic heterocycles. The normalized spacial score (nSPS) is 11.6. The lowest BCUT2D eigenvalue weighted by Crippen LogP contribution is -2.14. The number of ether oxygens (including phenoxy) is 1. The Morgan fingerprint density at radius 2 is 1.83 bits per heavy atom. The zero-order valence-electron chi connectivity index (χ0n) is 16.2. The summed E-state index contributed by atoms with van der Waals surface area (Å²) in [4.78, 5) is 8.91. The third kappa shape index (κ3) is 3.66. The molecule has 4 rings (SSSR count). The Morgan fingerprint density at radius 1 is 1.07 bits per heavy atom. The van der Waals surface area contributed by atoms with Gasteiger partial charge in [-0.25, -0.2) is 18.4 Å². The Balaban J connectivity index is 1.60. The average Bonchev–Trinajstić information content (AvgIpc) is 3.13. The molecule has 1 N–H and O–H groups in total. The predicted molar refractivity (Wildman–Crippen MR) is 112 cm³/mol. The number of imidazole rings is 1. The second-order valence-electron chi connectivity index (χ2n) is 6.72. The van der Waals surface area contributed by atoms with E-state index in [9.17, 15) is 8.42 Å². The van der Waals surface area contributed by atoms with Crippen LogP contribution in [0.1, 0.15) is 11.1 Å². The van der Waals surface area contributed by atoms with Crippen LogP contribution in [-0.4, -0.2) is 29.9 Å². The molecule has 2 aromatic carbocycles. The molecule has 0 amide bonds. The van der Waals surface area contributed by atoms with Crippen LogP contribution < -0.4 is 9.46 Å². The highest BCUT2D eigenvalue weighted by Gasteiger charge is 2.19. The van der Waals surface area contributed by atoms with Crippen LogP contribution in [0.3, 0.4) is 0 Å². The van der Waals surface area contributed by atoms with Crippen molar-refractivity contribution in [3.8, 4) is 17.0 Å². The number of nitrogens with zero attached hydrogens (tertiary/aromatic N) is 3. The average molecular weight is 408 g/mol. The predicted octanol–water partition coefficient (Wildman–Crippen LogP) is 3.82. The molecule has 0 atom stereocenters. The number of hydrogen-bond acceptors (Lipinski definition) is 5. The van der Waals surface area contributed by atoms with Gasteiger partial charge in [-0.15, -0.1) is 0 Å². The molecule has 2 aromatic heterocycles. The van der Waals surface area contributed by atoms with E-state index in [0.717, 1.165) is 16.8 Å². The van der Waals surface area contributed by atoms with Crippen molar-refractivity contribution in [1.29, 1.82) is 0 Å². The number of hydrogen-bond donors (Lipinski definition) is 1. The zero-order chi connectivity index (χ0) is 20.6. The van der Waals surface area contributed by atoms with Crippen molar-refractivity contribution >= 4 is 21.5 Å². The quantitative estimate of drug-likeness (QED) is 0.543. The van der Waals surface area contributed by atoms with Gasteiger partial charge in [0.05, 0.1) is 17.7 Å². The molecule has 0 bridgehead atoms. The molecule has 29 heavy (non-hydrogen) atoms. The van der Waals surface area contributed by atoms with Gasteiger partial charge in [0.2, 0.25) is 5.78 Å². The number of nitrogens with one attached hydrogen (secondary N) is 1. The fourth-order valence-electron chi connectivity index (χ4n) is 3.16. The van der Waals surface area contributed by atoms with Gasteiger partial charge in [0.15, 0.2) is 0 Å². The number of aryl methyl sites for hydroxylation is 2. The van der Waals surface area contributed by atoms with Crippen LogP contribution in [0.2, 0.25) is 0 Å². The van der Waals surface area contributed by atoms with E-state index in [0.29, 0.717) is 22.8 Å². The first-order chi connectivity index (χ1) is 13.9. The van der Waals surface area contributed by atoms with Crippen LogP contribution in [0.25, 0.3) is 17.0 Å². The maximum absolute atomic E-state index is 12.9. The Bertz CT molecular complexity index is 1260. The highest BCUT2D eigenvalue weighted by Crippen LogP contribution is 2.28. The summed E-state index contributed by atoms with van der Waals surface area (Å²) in [6.07, 6.45) is 5.44. The van der Waals surface area contributed by atoms with Crippen molar-refractivity contribution in [2.45, 2.75) is 18.7 Å². The highest BCUT2D eigenvalue weighted by atomic mass is 32.2. The zero-order valence-corrected chi connectivity index (χ0v) is 17.1. The van der Waals surface area contributed by atoms with Crippen molar-refractivity contribution < 1.29 is 13.2 Å². The van der Waals surface area contributed by atoms with E-state index in [4.69, 9.17) is 4.74 Å². The Morgan fingerprint density at radius 3 is 2.52 bits per heavy atom. The summed E-state index contributed by atoms with van der Waals surface area (Å²) < 4.78 is 35.5. The summed E-state index contributed by atoms with van der Waals surface area (Å²) in [6.45, 7) is 3.56. The van der Waals surface area contributed by atoms with Crippen molar-refractivity contribution in [2.24, 2.45) is 0 Å². The van der Waals surface area contributed by atoms with Gasteiger partial charge in [-0.2, -0.15) is 0 Å². The van der Waals surface area contributed by atoms with E-state index < -0.39 is 10.0 Å². The standard InChI is InChI=1S/C21H20N4O3S/c1-14-12-20(15(2)11-19(14)28-3)29(26,27)24-17-7-5-16(6-8-17)18-13-25-10-4-9-22-21(25)23-18/h4-13,24H,1-3H3. The van der Waals surface area contributed by atoms with E-state index in [1.54, 1.807) is 44.5 Å². The van der Waals surface area contributed by atoms with Crippen molar-refractivity contribution in [3.05, 3.63) is 72.2 Å². The maximum atomic E-state index is 12.9. The monoisotopic (exact) mass is 408 g/mol. The largest absolute Gasteiger partial charge is 0.496 e. The van der Waals surface area contributed by atoms with Crippen LogP contribution in [0.5, 0.6) is 5.75 Å². The summed E-state index contributed by atoms with van der Waals surface area (Å²) in [5.41, 5.74) is 3.49. The van der Waals surface area contributed by atoms with Gasteiger partial charge in [-0.05, 0) is 55.3 Å². The van der Waals surface area contributed by atoms with E-state index in [1.807, 2.05) is 41.9 Å². The lowest BCUT2D eigenvalue weighted by atomic mass is 10.1. The molecule has 0 aliphatic carbocycles. The fourth-order valence-corrected chi connectivity index (χ4v) is 4.53. The maximum Gasteiger partial charge on any atom is 0.262 e. The molecule has 0 radical (unpaired) electrons. The van der Waals surface area contributed by atoms with Crippen molar-refractivity contribution in [3.63, 3.8) is 0 Å². The first-order valence-electron chi connectivity index (χ1n) is 8.95. The summed E-state index contributed by atoms with van der Waals surface area (Å²) in [6, 6.07) is 12.3. The lowest BCUT2D eigenvalue weighted by Gasteiger charge is -2.13. The number of anilines is 1. The first-order valence-corrected chi connectivity index (χ1v) is 10.4. The van der Waals surface area contributed by atoms with Gasteiger partial charge < -0.3 is 4.74 Å². The van der Waals surface area contributed by atoms with Crippen LogP contribution in [-0.2, 0) is 10.0 Å². The van der Waals surface area contributed by atoms with Gasteiger partial charge in [-0.3, -0.25) is 9.12 Å². The molecule has 148 valence electrons. The molecule has 4 aromatic rings. The minimum absolute atomic E-state index is 0.228. The number of rotatable bonds is 5. The summed E-state index contributed by atoms with van der Waals surface area (Å²) in [5.74, 6) is 1.27. The first kappa shape index (κ1) is 18.9. The number of fused-ring (bicyclic) bond motifs is 1. The second-order valence-corrected chi connectivity index (χ2v) is 8.37. The van der Waals surface area contributed by atoms with Gasteiger partial charge in [0, 0.05) is 29.8 Å². The van der Waals surface area contributed by atoms with E-state index >= 15 is 0 Å². The molecular weight excluding hydrogens is 388 g/mol. The summed E-state index contributed by atoms with van der Waals surface area (Å²) in [5, 5.41) is 0. The molecule has 0 saturated heterocycles. The molecule has 0 aliphatic rings. The summed E-state index contributed by atoms with van der Waals surface area (Å²) in [7, 11) is -2.16. The van der Waals surface area contributed by atoms with Gasteiger partial charge in [-0.1, -0.05) is 12.1 Å². The molecule has 0 spiro atoms. The minimum atomic E-state index is -3.72. The molecule has 0 unspecified atom stereocenters. The minimum Gasteiger partial charge on any atom is -0.496 e. The summed E-state index contributed by atoms with van der Waals surface area (Å²) >= 11 is 0. The molecule has 7 nitrogen and oxygen atoms in total. The van der Waals surface area contributed by atoms with Crippen molar-refractivity contribution in [2.75, 3.05) is 11.8 Å². The smallest absolute Gasteiger partial charge is 0.262 e. The van der Waals surface area contributed by atoms with Gasteiger partial charge in [0.25, 0.3) is 10.0 Å². The van der Waals surface area contributed by atoms with Crippen LogP contribution >= 0.6 is 0 Å². The molecular formula is C21H20N4O3S. The van der Waals surface area contributed by atoms with E-state index in [1.165, 1.54) is 0 Å². The fraction of sp³-hybridized carbons (Fsp3) is 0.143. The van der Waals surface area contributed by atoms with Crippen LogP contribution in [0, 0.1) is 13.8 Å². The Hall–Kier alpha value is -3.39. The van der Waals surface area contributed by atoms with E-state index in [2.05, 4.69) is 14.7 Å². The topological polar surface area (TPSA) is 85.6 Å². The van der Waals surface area contributed by atoms with Gasteiger partial charge >= 0.3 is 0 Å². The number of benzene rings is 2. The highest BCUT2D eigenvalue weighted by molar-refractivity contribution is 7.92. The van der Waals surface area contributed by atoms with Gasteiger partial charge in [0.1, 0.15) is 5.75 Å². The van der Waals surface area contributed by atoms with E-state index in [-0.39, 0.29) is 4.90 Å².